The first kappa shape index (κ1) is 19.7. The van der Waals surface area contributed by atoms with Gasteiger partial charge in [-0.05, 0) is 25.0 Å². The number of rotatable bonds is 3. The monoisotopic (exact) mass is 377 g/mol. The average molecular weight is 377 g/mol. The lowest BCUT2D eigenvalue weighted by atomic mass is 9.94. The Balaban J connectivity index is 1.76. The number of aliphatic hydroxyl groups excluding tert-OH is 1. The molecule has 2 fully saturated rings. The van der Waals surface area contributed by atoms with E-state index in [-0.39, 0.29) is 49.8 Å². The van der Waals surface area contributed by atoms with Crippen molar-refractivity contribution in [1.29, 1.82) is 0 Å². The highest BCUT2D eigenvalue weighted by Crippen LogP contribution is 2.29. The number of pyridine rings is 1. The molecule has 0 unspecified atom stereocenters. The molecule has 2 saturated heterocycles. The summed E-state index contributed by atoms with van der Waals surface area (Å²) >= 11 is 0. The zero-order valence-electron chi connectivity index (χ0n) is 15.8. The Bertz CT molecular complexity index is 654. The number of β-amino-alcohol motifs (C(OH)–C–C–N with tert-alkyl or cyclic N) is 1. The number of fused-ring (bicyclic) bond motifs is 1. The molecule has 4 atom stereocenters. The number of carbonyl (C=O) groups excluding carboxylic acids is 2. The molecular weight excluding hydrogens is 350 g/mol. The highest BCUT2D eigenvalue weighted by atomic mass is 16.5. The maximum absolute atomic E-state index is 13.0. The van der Waals surface area contributed by atoms with Crippen molar-refractivity contribution in [3.05, 3.63) is 30.1 Å². The van der Waals surface area contributed by atoms with Crippen LogP contribution in [0.15, 0.2) is 24.5 Å². The highest BCUT2D eigenvalue weighted by molar-refractivity contribution is 5.94. The molecule has 0 bridgehead atoms. The van der Waals surface area contributed by atoms with Crippen molar-refractivity contribution in [3.63, 3.8) is 0 Å². The summed E-state index contributed by atoms with van der Waals surface area (Å²) in [6.07, 6.45) is 3.59. The molecule has 1 aromatic rings. The largest absolute Gasteiger partial charge is 0.389 e. The third-order valence-electron chi connectivity index (χ3n) is 5.07. The number of aromatic nitrogens is 1. The second kappa shape index (κ2) is 8.77. The molecule has 8 nitrogen and oxygen atoms in total. The quantitative estimate of drug-likeness (QED) is 0.815. The van der Waals surface area contributed by atoms with Gasteiger partial charge in [-0.2, -0.15) is 0 Å². The van der Waals surface area contributed by atoms with E-state index in [2.05, 4.69) is 4.98 Å². The Hall–Kier alpha value is -2.03. The smallest absolute Gasteiger partial charge is 0.254 e. The van der Waals surface area contributed by atoms with Crippen molar-refractivity contribution in [1.82, 2.24) is 14.8 Å². The average Bonchev–Trinajstić information content (AvgIpc) is 2.65. The summed E-state index contributed by atoms with van der Waals surface area (Å²) in [6.45, 7) is 0.621. The summed E-state index contributed by atoms with van der Waals surface area (Å²) in [5.41, 5.74) is 0.530. The van der Waals surface area contributed by atoms with Gasteiger partial charge >= 0.3 is 0 Å². The van der Waals surface area contributed by atoms with Gasteiger partial charge in [-0.3, -0.25) is 14.6 Å². The molecular formula is C19H27N3O5. The zero-order chi connectivity index (χ0) is 19.4. The third kappa shape index (κ3) is 4.82. The molecule has 2 amide bonds. The van der Waals surface area contributed by atoms with Gasteiger partial charge in [0.15, 0.2) is 0 Å². The van der Waals surface area contributed by atoms with Crippen LogP contribution in [0.1, 0.15) is 29.6 Å². The summed E-state index contributed by atoms with van der Waals surface area (Å²) in [6, 6.07) is 3.13. The van der Waals surface area contributed by atoms with Crippen LogP contribution >= 0.6 is 0 Å². The molecule has 0 radical (unpaired) electrons. The number of nitrogens with zero attached hydrogens (tertiary/aromatic N) is 3. The minimum absolute atomic E-state index is 0.0188. The summed E-state index contributed by atoms with van der Waals surface area (Å²) in [5.74, 6) is -0.134. The lowest BCUT2D eigenvalue weighted by Gasteiger charge is -2.44. The Labute approximate surface area is 159 Å². The second-order valence-electron chi connectivity index (χ2n) is 7.32. The van der Waals surface area contributed by atoms with Crippen LogP contribution in [0, 0.1) is 0 Å². The minimum Gasteiger partial charge on any atom is -0.389 e. The molecule has 8 heteroatoms. The molecule has 27 heavy (non-hydrogen) atoms. The van der Waals surface area contributed by atoms with Crippen LogP contribution in [0.2, 0.25) is 0 Å². The van der Waals surface area contributed by atoms with Gasteiger partial charge in [0.2, 0.25) is 5.91 Å². The van der Waals surface area contributed by atoms with Crippen LogP contribution in [0.3, 0.4) is 0 Å². The van der Waals surface area contributed by atoms with Crippen molar-refractivity contribution < 1.29 is 24.2 Å². The number of amides is 2. The van der Waals surface area contributed by atoms with Gasteiger partial charge in [0.05, 0.1) is 37.9 Å². The van der Waals surface area contributed by atoms with E-state index in [0.29, 0.717) is 24.8 Å². The van der Waals surface area contributed by atoms with E-state index < -0.39 is 6.10 Å². The fraction of sp³-hybridized carbons (Fsp3) is 0.632. The third-order valence-corrected chi connectivity index (χ3v) is 5.07. The molecule has 2 aliphatic rings. The van der Waals surface area contributed by atoms with E-state index in [1.54, 1.807) is 48.4 Å². The lowest BCUT2D eigenvalue weighted by molar-refractivity contribution is -0.154. The van der Waals surface area contributed by atoms with Crippen molar-refractivity contribution in [2.24, 2.45) is 0 Å². The van der Waals surface area contributed by atoms with Gasteiger partial charge in [-0.25, -0.2) is 0 Å². The molecule has 3 rings (SSSR count). The molecule has 0 aromatic carbocycles. The molecule has 0 saturated carbocycles. The van der Waals surface area contributed by atoms with Gasteiger partial charge in [-0.15, -0.1) is 0 Å². The van der Waals surface area contributed by atoms with Crippen LogP contribution in [-0.2, 0) is 14.3 Å². The highest BCUT2D eigenvalue weighted by Gasteiger charge is 2.40. The van der Waals surface area contributed by atoms with E-state index in [4.69, 9.17) is 9.47 Å². The van der Waals surface area contributed by atoms with Crippen molar-refractivity contribution >= 4 is 11.8 Å². The van der Waals surface area contributed by atoms with Crippen LogP contribution in [0.25, 0.3) is 0 Å². The van der Waals surface area contributed by atoms with E-state index in [1.165, 1.54) is 0 Å². The molecule has 2 aliphatic heterocycles. The van der Waals surface area contributed by atoms with Crippen LogP contribution in [0.5, 0.6) is 0 Å². The summed E-state index contributed by atoms with van der Waals surface area (Å²) in [4.78, 5) is 32.3. The van der Waals surface area contributed by atoms with E-state index in [0.717, 1.165) is 0 Å². The Kier molecular flexibility index (Phi) is 6.41. The van der Waals surface area contributed by atoms with Gasteiger partial charge in [0.25, 0.3) is 5.91 Å². The summed E-state index contributed by atoms with van der Waals surface area (Å²) < 4.78 is 11.7. The Morgan fingerprint density at radius 1 is 1.26 bits per heavy atom. The number of hydrogen-bond donors (Lipinski definition) is 1. The molecule has 148 valence electrons. The molecule has 1 aromatic heterocycles. The van der Waals surface area contributed by atoms with Crippen LogP contribution < -0.4 is 0 Å². The van der Waals surface area contributed by atoms with Gasteiger partial charge in [0, 0.05) is 38.6 Å². The van der Waals surface area contributed by atoms with E-state index in [1.807, 2.05) is 0 Å². The van der Waals surface area contributed by atoms with Gasteiger partial charge in [-0.1, -0.05) is 0 Å². The lowest BCUT2D eigenvalue weighted by Crippen LogP contribution is -2.57. The predicted octanol–water partition coefficient (Wildman–Crippen LogP) is 0.309. The number of ether oxygens (including phenoxy) is 2. The number of carbonyl (C=O) groups is 2. The molecule has 0 aliphatic carbocycles. The SMILES string of the molecule is CN(C)C(=O)C[C@@H]1CC[C@H]2[C@@H](COC[C@@H](O)CN2C(=O)c2ccncc2)O1. The maximum Gasteiger partial charge on any atom is 0.254 e. The number of aliphatic hydroxyl groups is 1. The zero-order valence-corrected chi connectivity index (χ0v) is 15.8. The van der Waals surface area contributed by atoms with E-state index >= 15 is 0 Å². The Morgan fingerprint density at radius 2 is 2.00 bits per heavy atom. The summed E-state index contributed by atoms with van der Waals surface area (Å²) in [7, 11) is 3.45. The first-order chi connectivity index (χ1) is 13.0. The van der Waals surface area contributed by atoms with Crippen molar-refractivity contribution in [2.75, 3.05) is 33.9 Å². The maximum atomic E-state index is 13.0. The molecule has 1 N–H and O–H groups in total. The van der Waals surface area contributed by atoms with Gasteiger partial charge in [0.1, 0.15) is 6.10 Å². The fourth-order valence-electron chi connectivity index (χ4n) is 3.61. The van der Waals surface area contributed by atoms with Crippen molar-refractivity contribution in [3.8, 4) is 0 Å². The topological polar surface area (TPSA) is 92.2 Å². The standard InChI is InChI=1S/C19H27N3O5/c1-21(2)18(24)9-15-3-4-16-17(27-15)12-26-11-14(23)10-22(16)19(25)13-5-7-20-8-6-13/h5-8,14-17,23H,3-4,9-12H2,1-2H3/t14-,15-,16-,17+/m0/s1. The van der Waals surface area contributed by atoms with Gasteiger partial charge < -0.3 is 24.4 Å². The molecule has 3 heterocycles. The fourth-order valence-corrected chi connectivity index (χ4v) is 3.61. The first-order valence-corrected chi connectivity index (χ1v) is 9.28. The van der Waals surface area contributed by atoms with Crippen LogP contribution in [-0.4, -0.2) is 89.9 Å². The normalized spacial score (nSPS) is 28.6. The second-order valence-corrected chi connectivity index (χ2v) is 7.32. The van der Waals surface area contributed by atoms with E-state index in [9.17, 15) is 14.7 Å². The molecule has 0 spiro atoms. The minimum atomic E-state index is -0.746. The Morgan fingerprint density at radius 3 is 2.70 bits per heavy atom. The van der Waals surface area contributed by atoms with Crippen molar-refractivity contribution in [2.45, 2.75) is 43.6 Å². The first-order valence-electron chi connectivity index (χ1n) is 9.28. The predicted molar refractivity (Wildman–Crippen MR) is 97.1 cm³/mol. The summed E-state index contributed by atoms with van der Waals surface area (Å²) in [5, 5.41) is 10.2. The number of hydrogen-bond acceptors (Lipinski definition) is 6. The van der Waals surface area contributed by atoms with Crippen LogP contribution in [0.4, 0.5) is 0 Å².